The number of hydrogen-bond acceptors (Lipinski definition) is 4. The van der Waals surface area contributed by atoms with Crippen molar-refractivity contribution < 1.29 is 13.2 Å². The van der Waals surface area contributed by atoms with Crippen LogP contribution in [-0.2, 0) is 27.8 Å². The Bertz CT molecular complexity index is 761. The van der Waals surface area contributed by atoms with E-state index in [1.54, 1.807) is 4.90 Å². The molecule has 3 aliphatic rings. The number of aryl methyl sites for hydroxylation is 2. The molecule has 2 fully saturated rings. The smallest absolute Gasteiger partial charge is 0.225 e. The fourth-order valence-corrected chi connectivity index (χ4v) is 5.86. The number of fused-ring (bicyclic) bond motifs is 1. The van der Waals surface area contributed by atoms with Crippen molar-refractivity contribution in [3.63, 3.8) is 0 Å². The van der Waals surface area contributed by atoms with Crippen LogP contribution in [0.4, 0.5) is 0 Å². The third-order valence-electron chi connectivity index (χ3n) is 5.75. The number of imidazole rings is 1. The second kappa shape index (κ2) is 6.39. The second-order valence-electron chi connectivity index (χ2n) is 7.70. The number of aromatic nitrogens is 2. The Kier molecular flexibility index (Phi) is 4.35. The van der Waals surface area contributed by atoms with Crippen LogP contribution in [0.1, 0.15) is 43.6 Å². The lowest BCUT2D eigenvalue weighted by molar-refractivity contribution is -0.138. The predicted molar refractivity (Wildman–Crippen MR) is 93.5 cm³/mol. The Morgan fingerprint density at radius 3 is 2.64 bits per heavy atom. The van der Waals surface area contributed by atoms with Crippen LogP contribution in [0.15, 0.2) is 6.20 Å². The molecule has 1 saturated heterocycles. The van der Waals surface area contributed by atoms with Gasteiger partial charge in [0.15, 0.2) is 0 Å². The second-order valence-corrected chi connectivity index (χ2v) is 9.69. The molecule has 25 heavy (non-hydrogen) atoms. The third kappa shape index (κ3) is 3.33. The first-order valence-corrected chi connectivity index (χ1v) is 10.8. The molecule has 4 rings (SSSR count). The van der Waals surface area contributed by atoms with Gasteiger partial charge in [-0.15, -0.1) is 0 Å². The minimum absolute atomic E-state index is 0.0920. The molecule has 1 aromatic heterocycles. The zero-order valence-electron chi connectivity index (χ0n) is 14.6. The maximum atomic E-state index is 12.6. The fraction of sp³-hybridized carbons (Fsp3) is 0.765. The van der Waals surface area contributed by atoms with E-state index >= 15 is 0 Å². The molecule has 0 bridgehead atoms. The molecule has 1 aromatic rings. The van der Waals surface area contributed by atoms with Crippen LogP contribution in [-0.4, -0.2) is 53.2 Å². The number of carbonyl (C=O) groups excluding carboxylic acids is 1. The van der Waals surface area contributed by atoms with E-state index in [1.807, 2.05) is 17.7 Å². The standard InChI is InChI=1S/C17H26N4O3S/c1-12-8-20-9-14(6-7-16(20)18-12)19-25(23,24)15-10-21(11-15)17(22)13-4-2-3-5-13/h8,13-15,19H,2-7,9-11H2,1H3. The molecule has 2 aliphatic heterocycles. The molecule has 1 unspecified atom stereocenters. The Morgan fingerprint density at radius 1 is 1.20 bits per heavy atom. The van der Waals surface area contributed by atoms with Crippen molar-refractivity contribution in [3.8, 4) is 0 Å². The molecule has 1 aliphatic carbocycles. The van der Waals surface area contributed by atoms with Crippen molar-refractivity contribution in [2.75, 3.05) is 13.1 Å². The van der Waals surface area contributed by atoms with E-state index in [4.69, 9.17) is 0 Å². The molecular weight excluding hydrogens is 340 g/mol. The minimum Gasteiger partial charge on any atom is -0.340 e. The highest BCUT2D eigenvalue weighted by Crippen LogP contribution is 2.29. The highest BCUT2D eigenvalue weighted by atomic mass is 32.2. The van der Waals surface area contributed by atoms with E-state index in [9.17, 15) is 13.2 Å². The zero-order valence-corrected chi connectivity index (χ0v) is 15.5. The molecule has 7 nitrogen and oxygen atoms in total. The molecule has 3 heterocycles. The Morgan fingerprint density at radius 2 is 1.92 bits per heavy atom. The van der Waals surface area contributed by atoms with Crippen molar-refractivity contribution in [1.29, 1.82) is 0 Å². The van der Waals surface area contributed by atoms with Crippen LogP contribution >= 0.6 is 0 Å². The summed E-state index contributed by atoms with van der Waals surface area (Å²) in [5.41, 5.74) is 0.971. The largest absolute Gasteiger partial charge is 0.340 e. The quantitative estimate of drug-likeness (QED) is 0.855. The lowest BCUT2D eigenvalue weighted by Gasteiger charge is -2.40. The molecule has 0 spiro atoms. The maximum Gasteiger partial charge on any atom is 0.225 e. The van der Waals surface area contributed by atoms with Gasteiger partial charge in [0, 0.05) is 44.2 Å². The van der Waals surface area contributed by atoms with Gasteiger partial charge in [0.05, 0.1) is 5.69 Å². The summed E-state index contributed by atoms with van der Waals surface area (Å²) in [5.74, 6) is 1.31. The third-order valence-corrected chi connectivity index (χ3v) is 7.58. The molecular formula is C17H26N4O3S. The van der Waals surface area contributed by atoms with Crippen molar-refractivity contribution in [1.82, 2.24) is 19.2 Å². The topological polar surface area (TPSA) is 84.3 Å². The minimum atomic E-state index is -3.39. The van der Waals surface area contributed by atoms with Crippen LogP contribution in [0.25, 0.3) is 0 Å². The average Bonchev–Trinajstić information content (AvgIpc) is 3.12. The van der Waals surface area contributed by atoms with Gasteiger partial charge in [0.1, 0.15) is 11.1 Å². The highest BCUT2D eigenvalue weighted by Gasteiger charge is 2.42. The van der Waals surface area contributed by atoms with Gasteiger partial charge in [-0.05, 0) is 26.2 Å². The lowest BCUT2D eigenvalue weighted by atomic mass is 10.0. The number of amides is 1. The summed E-state index contributed by atoms with van der Waals surface area (Å²) in [7, 11) is -3.39. The van der Waals surface area contributed by atoms with Gasteiger partial charge in [-0.25, -0.2) is 18.1 Å². The molecule has 8 heteroatoms. The van der Waals surface area contributed by atoms with Gasteiger partial charge < -0.3 is 9.47 Å². The van der Waals surface area contributed by atoms with E-state index in [2.05, 4.69) is 9.71 Å². The summed E-state index contributed by atoms with van der Waals surface area (Å²) in [6.07, 6.45) is 7.68. The van der Waals surface area contributed by atoms with Gasteiger partial charge in [0.25, 0.3) is 0 Å². The van der Waals surface area contributed by atoms with E-state index in [-0.39, 0.29) is 17.9 Å². The SMILES string of the molecule is Cc1cn2c(n1)CCC(NS(=O)(=O)C1CN(C(=O)C3CCCC3)C1)C2. The highest BCUT2D eigenvalue weighted by molar-refractivity contribution is 7.90. The summed E-state index contributed by atoms with van der Waals surface area (Å²) < 4.78 is 30.1. The van der Waals surface area contributed by atoms with Gasteiger partial charge >= 0.3 is 0 Å². The molecule has 138 valence electrons. The normalized spacial score (nSPS) is 25.0. The number of rotatable bonds is 4. The molecule has 1 N–H and O–H groups in total. The van der Waals surface area contributed by atoms with Gasteiger partial charge in [-0.2, -0.15) is 0 Å². The van der Waals surface area contributed by atoms with Crippen molar-refractivity contribution in [2.24, 2.45) is 5.92 Å². The van der Waals surface area contributed by atoms with Crippen molar-refractivity contribution >= 4 is 15.9 Å². The van der Waals surface area contributed by atoms with E-state index < -0.39 is 15.3 Å². The van der Waals surface area contributed by atoms with Crippen LogP contribution in [0.2, 0.25) is 0 Å². The Hall–Kier alpha value is -1.41. The zero-order chi connectivity index (χ0) is 17.6. The van der Waals surface area contributed by atoms with E-state index in [0.29, 0.717) is 19.6 Å². The Labute approximate surface area is 148 Å². The molecule has 1 amide bonds. The van der Waals surface area contributed by atoms with Gasteiger partial charge in [0.2, 0.25) is 15.9 Å². The monoisotopic (exact) mass is 366 g/mol. The number of carbonyl (C=O) groups is 1. The van der Waals surface area contributed by atoms with Crippen LogP contribution < -0.4 is 4.72 Å². The molecule has 1 saturated carbocycles. The first-order valence-electron chi connectivity index (χ1n) is 9.25. The van der Waals surface area contributed by atoms with Crippen LogP contribution in [0.5, 0.6) is 0 Å². The summed E-state index contributed by atoms with van der Waals surface area (Å²) in [5, 5.41) is -0.469. The predicted octanol–water partition coefficient (Wildman–Crippen LogP) is 0.827. The summed E-state index contributed by atoms with van der Waals surface area (Å²) in [4.78, 5) is 18.5. The Balaban J connectivity index is 1.32. The van der Waals surface area contributed by atoms with Crippen molar-refractivity contribution in [3.05, 3.63) is 17.7 Å². The van der Waals surface area contributed by atoms with E-state index in [0.717, 1.165) is 50.0 Å². The molecule has 0 aromatic carbocycles. The number of nitrogens with zero attached hydrogens (tertiary/aromatic N) is 3. The number of likely N-dealkylation sites (tertiary alicyclic amines) is 1. The lowest BCUT2D eigenvalue weighted by Crippen LogP contribution is -2.61. The molecule has 0 radical (unpaired) electrons. The maximum absolute atomic E-state index is 12.6. The fourth-order valence-electron chi connectivity index (χ4n) is 4.26. The average molecular weight is 366 g/mol. The van der Waals surface area contributed by atoms with Crippen molar-refractivity contribution in [2.45, 2.75) is 63.3 Å². The molecule has 1 atom stereocenters. The summed E-state index contributed by atoms with van der Waals surface area (Å²) >= 11 is 0. The number of sulfonamides is 1. The van der Waals surface area contributed by atoms with Crippen LogP contribution in [0, 0.1) is 12.8 Å². The van der Waals surface area contributed by atoms with E-state index in [1.165, 1.54) is 0 Å². The van der Waals surface area contributed by atoms with Crippen LogP contribution in [0.3, 0.4) is 0 Å². The summed E-state index contributed by atoms with van der Waals surface area (Å²) in [6, 6.07) is -0.0920. The number of hydrogen-bond donors (Lipinski definition) is 1. The number of nitrogens with one attached hydrogen (secondary N) is 1. The first kappa shape index (κ1) is 17.0. The summed E-state index contributed by atoms with van der Waals surface area (Å²) in [6.45, 7) is 3.27. The van der Waals surface area contributed by atoms with Gasteiger partial charge in [-0.1, -0.05) is 12.8 Å². The van der Waals surface area contributed by atoms with Gasteiger partial charge in [-0.3, -0.25) is 4.79 Å². The first-order chi connectivity index (χ1) is 11.9.